The molecule has 1 atom stereocenters. The van der Waals surface area contributed by atoms with Crippen LogP contribution < -0.4 is 5.32 Å². The molecule has 1 amide bonds. The monoisotopic (exact) mass is 203 g/mol. The number of carboxylic acid groups (broad SMARTS) is 1. The van der Waals surface area contributed by atoms with E-state index < -0.39 is 12.1 Å². The lowest BCUT2D eigenvalue weighted by molar-refractivity contribution is -0.137. The summed E-state index contributed by atoms with van der Waals surface area (Å²) in [5.41, 5.74) is 0. The number of carbonyl (C=O) groups is 2. The number of amides is 1. The average molecular weight is 203 g/mol. The summed E-state index contributed by atoms with van der Waals surface area (Å²) in [5, 5.41) is 11.0. The van der Waals surface area contributed by atoms with Gasteiger partial charge >= 0.3 is 12.1 Å². The predicted molar refractivity (Wildman–Crippen MR) is 51.1 cm³/mol. The van der Waals surface area contributed by atoms with Crippen molar-refractivity contribution in [3.63, 3.8) is 0 Å². The van der Waals surface area contributed by atoms with Crippen LogP contribution in [0.2, 0.25) is 0 Å². The van der Waals surface area contributed by atoms with Crippen molar-refractivity contribution < 1.29 is 19.4 Å². The molecule has 0 saturated carbocycles. The Morgan fingerprint density at radius 3 is 2.64 bits per heavy atom. The third kappa shape index (κ3) is 7.39. The van der Waals surface area contributed by atoms with Crippen LogP contribution in [0.25, 0.3) is 0 Å². The van der Waals surface area contributed by atoms with Crippen LogP contribution in [0.1, 0.15) is 26.7 Å². The van der Waals surface area contributed by atoms with Gasteiger partial charge in [-0.2, -0.15) is 0 Å². The second-order valence-electron chi connectivity index (χ2n) is 3.14. The van der Waals surface area contributed by atoms with E-state index in [1.54, 1.807) is 6.92 Å². The molecule has 5 nitrogen and oxygen atoms in total. The Hall–Kier alpha value is -1.26. The molecular formula is C9H17NO4. The van der Waals surface area contributed by atoms with Crippen molar-refractivity contribution in [3.8, 4) is 0 Å². The summed E-state index contributed by atoms with van der Waals surface area (Å²) in [6, 6.07) is 0. The average Bonchev–Trinajstić information content (AvgIpc) is 2.12. The summed E-state index contributed by atoms with van der Waals surface area (Å²) in [6.45, 7) is 4.41. The number of carbonyl (C=O) groups excluding carboxylic acids is 1. The maximum absolute atomic E-state index is 10.8. The van der Waals surface area contributed by atoms with E-state index in [-0.39, 0.29) is 12.3 Å². The number of hydrogen-bond donors (Lipinski definition) is 2. The molecule has 0 aliphatic rings. The normalized spacial score (nSPS) is 11.9. The Balaban J connectivity index is 3.48. The Kier molecular flexibility index (Phi) is 6.53. The van der Waals surface area contributed by atoms with Crippen LogP contribution in [0, 0.1) is 5.92 Å². The molecule has 0 saturated heterocycles. The fraction of sp³-hybridized carbons (Fsp3) is 0.778. The number of aliphatic carboxylic acids is 1. The number of ether oxygens (including phenoxy) is 1. The lowest BCUT2D eigenvalue weighted by atomic mass is 10.1. The van der Waals surface area contributed by atoms with Crippen LogP contribution in [0.3, 0.4) is 0 Å². The van der Waals surface area contributed by atoms with Gasteiger partial charge in [-0.25, -0.2) is 4.79 Å². The molecule has 0 fully saturated rings. The molecular weight excluding hydrogens is 186 g/mol. The molecule has 0 aromatic rings. The van der Waals surface area contributed by atoms with Crippen molar-refractivity contribution in [2.24, 2.45) is 5.92 Å². The third-order valence-corrected chi connectivity index (χ3v) is 1.72. The van der Waals surface area contributed by atoms with Gasteiger partial charge in [0.25, 0.3) is 0 Å². The summed E-state index contributed by atoms with van der Waals surface area (Å²) >= 11 is 0. The fourth-order valence-electron chi connectivity index (χ4n) is 0.912. The van der Waals surface area contributed by atoms with Crippen molar-refractivity contribution in [1.29, 1.82) is 0 Å². The van der Waals surface area contributed by atoms with Crippen molar-refractivity contribution in [2.45, 2.75) is 26.7 Å². The molecule has 0 aromatic heterocycles. The first-order valence-corrected chi connectivity index (χ1v) is 4.68. The van der Waals surface area contributed by atoms with Gasteiger partial charge in [0.1, 0.15) is 0 Å². The van der Waals surface area contributed by atoms with Gasteiger partial charge in [0.15, 0.2) is 0 Å². The molecule has 0 bridgehead atoms. The highest BCUT2D eigenvalue weighted by Crippen LogP contribution is 2.03. The van der Waals surface area contributed by atoms with Gasteiger partial charge in [-0.05, 0) is 19.3 Å². The smallest absolute Gasteiger partial charge is 0.407 e. The first kappa shape index (κ1) is 12.7. The standard InChI is InChI=1S/C9H17NO4/c1-3-14-9(13)10-6-7(2)4-5-8(11)12/h7H,3-6H2,1-2H3,(H,10,13)(H,11,12). The van der Waals surface area contributed by atoms with E-state index in [1.807, 2.05) is 6.92 Å². The topological polar surface area (TPSA) is 75.6 Å². The molecule has 0 aromatic carbocycles. The van der Waals surface area contributed by atoms with Gasteiger partial charge < -0.3 is 15.2 Å². The van der Waals surface area contributed by atoms with Gasteiger partial charge in [-0.15, -0.1) is 0 Å². The quantitative estimate of drug-likeness (QED) is 0.680. The molecule has 0 rings (SSSR count). The van der Waals surface area contributed by atoms with Gasteiger partial charge in [-0.1, -0.05) is 6.92 Å². The highest BCUT2D eigenvalue weighted by Gasteiger charge is 2.07. The summed E-state index contributed by atoms with van der Waals surface area (Å²) in [5.74, 6) is -0.663. The van der Waals surface area contributed by atoms with Gasteiger partial charge in [0.05, 0.1) is 6.61 Å². The first-order chi connectivity index (χ1) is 6.56. The lowest BCUT2D eigenvalue weighted by Crippen LogP contribution is -2.29. The zero-order valence-electron chi connectivity index (χ0n) is 8.58. The van der Waals surface area contributed by atoms with Gasteiger partial charge in [0.2, 0.25) is 0 Å². The Labute approximate surface area is 83.4 Å². The Morgan fingerprint density at radius 1 is 1.50 bits per heavy atom. The molecule has 1 unspecified atom stereocenters. The largest absolute Gasteiger partial charge is 0.481 e. The van der Waals surface area contributed by atoms with E-state index in [4.69, 9.17) is 5.11 Å². The Bertz CT molecular complexity index is 193. The minimum atomic E-state index is -0.812. The minimum Gasteiger partial charge on any atom is -0.481 e. The Morgan fingerprint density at radius 2 is 2.14 bits per heavy atom. The van der Waals surface area contributed by atoms with Crippen molar-refractivity contribution in [3.05, 3.63) is 0 Å². The van der Waals surface area contributed by atoms with E-state index in [1.165, 1.54) is 0 Å². The van der Waals surface area contributed by atoms with E-state index in [2.05, 4.69) is 10.1 Å². The molecule has 0 radical (unpaired) electrons. The van der Waals surface area contributed by atoms with Crippen LogP contribution in [0.4, 0.5) is 4.79 Å². The van der Waals surface area contributed by atoms with Crippen molar-refractivity contribution >= 4 is 12.1 Å². The molecule has 5 heteroatoms. The molecule has 82 valence electrons. The van der Waals surface area contributed by atoms with Crippen LogP contribution in [-0.2, 0) is 9.53 Å². The SMILES string of the molecule is CCOC(=O)NCC(C)CCC(=O)O. The van der Waals surface area contributed by atoms with Crippen LogP contribution in [-0.4, -0.2) is 30.3 Å². The number of alkyl carbamates (subject to hydrolysis) is 1. The molecule has 0 aliphatic heterocycles. The maximum atomic E-state index is 10.8. The molecule has 0 heterocycles. The minimum absolute atomic E-state index is 0.131. The molecule has 0 spiro atoms. The van der Waals surface area contributed by atoms with E-state index in [0.717, 1.165) is 0 Å². The predicted octanol–water partition coefficient (Wildman–Crippen LogP) is 1.23. The van der Waals surface area contributed by atoms with Crippen molar-refractivity contribution in [2.75, 3.05) is 13.2 Å². The summed E-state index contributed by atoms with van der Waals surface area (Å²) in [4.78, 5) is 21.1. The molecule has 2 N–H and O–H groups in total. The first-order valence-electron chi connectivity index (χ1n) is 4.68. The number of carboxylic acids is 1. The highest BCUT2D eigenvalue weighted by molar-refractivity contribution is 5.67. The second kappa shape index (κ2) is 7.17. The van der Waals surface area contributed by atoms with Gasteiger partial charge in [-0.3, -0.25) is 4.79 Å². The number of hydrogen-bond acceptors (Lipinski definition) is 3. The summed E-state index contributed by atoms with van der Waals surface area (Å²) in [6.07, 6.45) is 0.239. The van der Waals surface area contributed by atoms with E-state index >= 15 is 0 Å². The number of nitrogens with one attached hydrogen (secondary N) is 1. The maximum Gasteiger partial charge on any atom is 0.407 e. The second-order valence-corrected chi connectivity index (χ2v) is 3.14. The zero-order chi connectivity index (χ0) is 11.0. The fourth-order valence-corrected chi connectivity index (χ4v) is 0.912. The number of rotatable bonds is 6. The highest BCUT2D eigenvalue weighted by atomic mass is 16.5. The molecule has 0 aliphatic carbocycles. The van der Waals surface area contributed by atoms with Crippen LogP contribution >= 0.6 is 0 Å². The summed E-state index contributed by atoms with van der Waals surface area (Å²) < 4.78 is 4.65. The summed E-state index contributed by atoms with van der Waals surface area (Å²) in [7, 11) is 0. The molecule has 14 heavy (non-hydrogen) atoms. The van der Waals surface area contributed by atoms with E-state index in [0.29, 0.717) is 19.6 Å². The van der Waals surface area contributed by atoms with Crippen molar-refractivity contribution in [1.82, 2.24) is 5.32 Å². The zero-order valence-corrected chi connectivity index (χ0v) is 8.58. The van der Waals surface area contributed by atoms with Crippen LogP contribution in [0.5, 0.6) is 0 Å². The van der Waals surface area contributed by atoms with E-state index in [9.17, 15) is 9.59 Å². The van der Waals surface area contributed by atoms with Crippen LogP contribution in [0.15, 0.2) is 0 Å². The third-order valence-electron chi connectivity index (χ3n) is 1.72. The lowest BCUT2D eigenvalue weighted by Gasteiger charge is -2.10. The van der Waals surface area contributed by atoms with Gasteiger partial charge in [0, 0.05) is 13.0 Å².